The van der Waals surface area contributed by atoms with Crippen LogP contribution in [0.2, 0.25) is 5.02 Å². The molecular formula is C26H23ClN2O4. The second-order valence-corrected chi connectivity index (χ2v) is 8.16. The van der Waals surface area contributed by atoms with Gasteiger partial charge in [0, 0.05) is 12.1 Å². The second-order valence-electron chi connectivity index (χ2n) is 7.76. The maximum absolute atomic E-state index is 13.5. The fraction of sp³-hybridized carbons (Fsp3) is 0.192. The van der Waals surface area contributed by atoms with Crippen LogP contribution < -0.4 is 10.2 Å². The summed E-state index contributed by atoms with van der Waals surface area (Å²) in [5.41, 5.74) is 2.68. The molecule has 0 aromatic heterocycles. The highest BCUT2D eigenvalue weighted by molar-refractivity contribution is 6.33. The van der Waals surface area contributed by atoms with Crippen LogP contribution in [-0.4, -0.2) is 30.9 Å². The minimum Gasteiger partial charge on any atom is -0.467 e. The van der Waals surface area contributed by atoms with Crippen LogP contribution in [0.5, 0.6) is 0 Å². The van der Waals surface area contributed by atoms with E-state index in [2.05, 4.69) is 5.32 Å². The topological polar surface area (TPSA) is 75.7 Å². The van der Waals surface area contributed by atoms with E-state index in [9.17, 15) is 14.4 Å². The SMILES string of the molecule is COC(=O)C1Cc2ccccc2N1C(=O)CC(NC(=O)c1ccccc1Cl)c1ccccc1. The summed E-state index contributed by atoms with van der Waals surface area (Å²) in [6.45, 7) is 0. The monoisotopic (exact) mass is 462 g/mol. The molecule has 2 atom stereocenters. The molecule has 1 heterocycles. The first-order valence-corrected chi connectivity index (χ1v) is 11.0. The van der Waals surface area contributed by atoms with Gasteiger partial charge >= 0.3 is 5.97 Å². The van der Waals surface area contributed by atoms with Crippen molar-refractivity contribution >= 4 is 35.1 Å². The average molecular weight is 463 g/mol. The highest BCUT2D eigenvalue weighted by Crippen LogP contribution is 2.34. The predicted molar refractivity (Wildman–Crippen MR) is 126 cm³/mol. The number of hydrogen-bond acceptors (Lipinski definition) is 4. The summed E-state index contributed by atoms with van der Waals surface area (Å²) in [4.78, 5) is 40.5. The smallest absolute Gasteiger partial charge is 0.329 e. The van der Waals surface area contributed by atoms with Crippen LogP contribution in [0.15, 0.2) is 78.9 Å². The van der Waals surface area contributed by atoms with Gasteiger partial charge in [-0.2, -0.15) is 0 Å². The van der Waals surface area contributed by atoms with Crippen molar-refractivity contribution in [1.29, 1.82) is 0 Å². The lowest BCUT2D eigenvalue weighted by Crippen LogP contribution is -2.45. The molecule has 0 saturated heterocycles. The lowest BCUT2D eigenvalue weighted by Gasteiger charge is -2.27. The summed E-state index contributed by atoms with van der Waals surface area (Å²) in [5.74, 6) is -1.15. The zero-order valence-corrected chi connectivity index (χ0v) is 18.8. The van der Waals surface area contributed by atoms with Crippen molar-refractivity contribution in [1.82, 2.24) is 5.32 Å². The van der Waals surface area contributed by atoms with Crippen LogP contribution in [0.1, 0.15) is 33.9 Å². The first-order valence-electron chi connectivity index (χ1n) is 10.6. The fourth-order valence-electron chi connectivity index (χ4n) is 4.11. The minimum absolute atomic E-state index is 0.0396. The molecule has 3 aromatic rings. The Morgan fingerprint density at radius 1 is 1.00 bits per heavy atom. The van der Waals surface area contributed by atoms with E-state index in [-0.39, 0.29) is 18.2 Å². The van der Waals surface area contributed by atoms with Gasteiger partial charge in [-0.15, -0.1) is 0 Å². The van der Waals surface area contributed by atoms with Gasteiger partial charge < -0.3 is 10.1 Å². The number of amides is 2. The predicted octanol–water partition coefficient (Wildman–Crippen LogP) is 4.33. The third-order valence-corrected chi connectivity index (χ3v) is 6.05. The van der Waals surface area contributed by atoms with Crippen LogP contribution in [0, 0.1) is 0 Å². The first-order chi connectivity index (χ1) is 16.0. The van der Waals surface area contributed by atoms with Crippen molar-refractivity contribution in [2.24, 2.45) is 0 Å². The van der Waals surface area contributed by atoms with Crippen molar-refractivity contribution in [3.05, 3.63) is 101 Å². The molecule has 0 bridgehead atoms. The average Bonchev–Trinajstić information content (AvgIpc) is 3.23. The highest BCUT2D eigenvalue weighted by Gasteiger charge is 2.39. The number of fused-ring (bicyclic) bond motifs is 1. The zero-order valence-electron chi connectivity index (χ0n) is 18.0. The number of hydrogen-bond donors (Lipinski definition) is 1. The number of esters is 1. The van der Waals surface area contributed by atoms with Crippen LogP contribution in [0.25, 0.3) is 0 Å². The number of methoxy groups -OCH3 is 1. The molecule has 1 N–H and O–H groups in total. The summed E-state index contributed by atoms with van der Waals surface area (Å²) >= 11 is 6.20. The van der Waals surface area contributed by atoms with E-state index in [1.54, 1.807) is 24.3 Å². The third-order valence-electron chi connectivity index (χ3n) is 5.72. The normalized spacial score (nSPS) is 15.5. The number of carbonyl (C=O) groups is 3. The second kappa shape index (κ2) is 9.88. The van der Waals surface area contributed by atoms with Crippen LogP contribution in [-0.2, 0) is 20.7 Å². The molecule has 2 unspecified atom stereocenters. The number of nitrogens with zero attached hydrogens (tertiary/aromatic N) is 1. The van der Waals surface area contributed by atoms with Gasteiger partial charge in [0.25, 0.3) is 5.91 Å². The van der Waals surface area contributed by atoms with Gasteiger partial charge in [0.15, 0.2) is 0 Å². The maximum Gasteiger partial charge on any atom is 0.329 e. The van der Waals surface area contributed by atoms with E-state index in [4.69, 9.17) is 16.3 Å². The molecule has 168 valence electrons. The molecule has 3 aromatic carbocycles. The molecule has 0 aliphatic carbocycles. The van der Waals surface area contributed by atoms with Gasteiger partial charge in [0.2, 0.25) is 5.91 Å². The Morgan fingerprint density at radius 3 is 2.39 bits per heavy atom. The molecule has 0 radical (unpaired) electrons. The molecule has 33 heavy (non-hydrogen) atoms. The molecule has 2 amide bonds. The number of anilines is 1. The standard InChI is InChI=1S/C26H23ClN2O4/c1-33-26(32)23-15-18-11-5-8-14-22(18)29(23)24(30)16-21(17-9-3-2-4-10-17)28-25(31)19-12-6-7-13-20(19)27/h2-14,21,23H,15-16H2,1H3,(H,28,31). The molecule has 6 nitrogen and oxygen atoms in total. The summed E-state index contributed by atoms with van der Waals surface area (Å²) in [6, 6.07) is 22.0. The highest BCUT2D eigenvalue weighted by atomic mass is 35.5. The zero-order chi connectivity index (χ0) is 23.4. The lowest BCUT2D eigenvalue weighted by atomic mass is 10.0. The van der Waals surface area contributed by atoms with E-state index in [0.717, 1.165) is 11.1 Å². The van der Waals surface area contributed by atoms with Gasteiger partial charge in [-0.1, -0.05) is 72.3 Å². The van der Waals surface area contributed by atoms with E-state index in [0.29, 0.717) is 22.7 Å². The Labute approximate surface area is 197 Å². The van der Waals surface area contributed by atoms with Crippen molar-refractivity contribution in [3.63, 3.8) is 0 Å². The quantitative estimate of drug-likeness (QED) is 0.553. The molecule has 7 heteroatoms. The van der Waals surface area contributed by atoms with Gasteiger partial charge in [0.05, 0.1) is 30.2 Å². The van der Waals surface area contributed by atoms with Crippen LogP contribution >= 0.6 is 11.6 Å². The summed E-state index contributed by atoms with van der Waals surface area (Å²) in [5, 5.41) is 3.27. The van der Waals surface area contributed by atoms with Crippen LogP contribution in [0.3, 0.4) is 0 Å². The number of rotatable bonds is 6. The summed E-state index contributed by atoms with van der Waals surface area (Å²) in [6.07, 6.45) is 0.346. The van der Waals surface area contributed by atoms with Gasteiger partial charge in [-0.3, -0.25) is 14.5 Å². The molecule has 0 fully saturated rings. The Hall–Kier alpha value is -3.64. The number of halogens is 1. The number of para-hydroxylation sites is 1. The fourth-order valence-corrected chi connectivity index (χ4v) is 4.33. The number of nitrogens with one attached hydrogen (secondary N) is 1. The summed E-state index contributed by atoms with van der Waals surface area (Å²) in [7, 11) is 1.31. The maximum atomic E-state index is 13.5. The van der Waals surface area contributed by atoms with Crippen molar-refractivity contribution in [2.45, 2.75) is 24.9 Å². The third kappa shape index (κ3) is 4.76. The molecule has 4 rings (SSSR count). The largest absolute Gasteiger partial charge is 0.467 e. The lowest BCUT2D eigenvalue weighted by molar-refractivity contribution is -0.143. The van der Waals surface area contributed by atoms with Gasteiger partial charge in [-0.25, -0.2) is 4.79 Å². The first kappa shape index (κ1) is 22.6. The Morgan fingerprint density at radius 2 is 1.67 bits per heavy atom. The van der Waals surface area contributed by atoms with Gasteiger partial charge in [-0.05, 0) is 29.3 Å². The molecular weight excluding hydrogens is 440 g/mol. The van der Waals surface area contributed by atoms with E-state index >= 15 is 0 Å². The van der Waals surface area contributed by atoms with Gasteiger partial charge in [0.1, 0.15) is 6.04 Å². The Bertz CT molecular complexity index is 1180. The van der Waals surface area contributed by atoms with Crippen molar-refractivity contribution < 1.29 is 19.1 Å². The number of benzene rings is 3. The summed E-state index contributed by atoms with van der Waals surface area (Å²) < 4.78 is 4.95. The van der Waals surface area contributed by atoms with E-state index in [1.165, 1.54) is 12.0 Å². The van der Waals surface area contributed by atoms with E-state index in [1.807, 2.05) is 54.6 Å². The van der Waals surface area contributed by atoms with Crippen molar-refractivity contribution in [3.8, 4) is 0 Å². The Balaban J connectivity index is 1.63. The molecule has 1 aliphatic heterocycles. The minimum atomic E-state index is -0.740. The number of carbonyl (C=O) groups excluding carboxylic acids is 3. The molecule has 1 aliphatic rings. The molecule has 0 saturated carbocycles. The van der Waals surface area contributed by atoms with E-state index < -0.39 is 18.1 Å². The van der Waals surface area contributed by atoms with Crippen molar-refractivity contribution in [2.75, 3.05) is 12.0 Å². The Kier molecular flexibility index (Phi) is 6.75. The van der Waals surface area contributed by atoms with Crippen LogP contribution in [0.4, 0.5) is 5.69 Å². The number of ether oxygens (including phenoxy) is 1. The molecule has 0 spiro atoms.